The minimum Gasteiger partial charge on any atom is -0.369 e. The van der Waals surface area contributed by atoms with Crippen LogP contribution in [-0.2, 0) is 0 Å². The van der Waals surface area contributed by atoms with Gasteiger partial charge in [0.05, 0.1) is 5.69 Å². The van der Waals surface area contributed by atoms with Gasteiger partial charge in [0.1, 0.15) is 18.0 Å². The summed E-state index contributed by atoms with van der Waals surface area (Å²) in [4.78, 5) is 20.4. The predicted molar refractivity (Wildman–Crippen MR) is 83.8 cm³/mol. The molecule has 8 heteroatoms. The predicted octanol–water partition coefficient (Wildman–Crippen LogP) is 2.14. The molecule has 24 heavy (non-hydrogen) atoms. The molecule has 1 saturated heterocycles. The lowest BCUT2D eigenvalue weighted by Crippen LogP contribution is -2.20. The molecule has 1 amide bonds. The number of carbonyl (C=O) groups is 1. The number of carbonyl (C=O) groups excluding carboxylic acids is 1. The smallest absolute Gasteiger partial charge is 0.258 e. The van der Waals surface area contributed by atoms with Crippen LogP contribution in [0.5, 0.6) is 0 Å². The number of imidazole rings is 1. The number of H-pyrrole nitrogens is 1. The van der Waals surface area contributed by atoms with E-state index in [9.17, 15) is 9.18 Å². The van der Waals surface area contributed by atoms with E-state index in [2.05, 4.69) is 15.3 Å². The van der Waals surface area contributed by atoms with Crippen molar-refractivity contribution in [2.45, 2.75) is 12.8 Å². The molecule has 2 N–H and O–H groups in total. The topological polar surface area (TPSA) is 109 Å². The van der Waals surface area contributed by atoms with Crippen LogP contribution in [0.3, 0.4) is 0 Å². The Morgan fingerprint density at radius 1 is 1.29 bits per heavy atom. The fourth-order valence-corrected chi connectivity index (χ4v) is 2.64. The van der Waals surface area contributed by atoms with Gasteiger partial charge in [-0.1, -0.05) is 0 Å². The Labute approximate surface area is 137 Å². The van der Waals surface area contributed by atoms with Crippen molar-refractivity contribution in [2.75, 3.05) is 23.3 Å². The van der Waals surface area contributed by atoms with Gasteiger partial charge in [-0.25, -0.2) is 9.37 Å². The highest BCUT2D eigenvalue weighted by molar-refractivity contribution is 6.03. The van der Waals surface area contributed by atoms with Crippen molar-refractivity contribution >= 4 is 17.5 Å². The van der Waals surface area contributed by atoms with Crippen LogP contribution in [0, 0.1) is 28.5 Å². The van der Waals surface area contributed by atoms with Gasteiger partial charge in [-0.3, -0.25) is 10.1 Å². The van der Waals surface area contributed by atoms with Crippen LogP contribution in [0.1, 0.15) is 34.6 Å². The summed E-state index contributed by atoms with van der Waals surface area (Å²) in [5.74, 6) is -1.07. The number of nitriles is 2. The number of rotatable bonds is 3. The van der Waals surface area contributed by atoms with E-state index in [-0.39, 0.29) is 22.9 Å². The molecule has 0 atom stereocenters. The Kier molecular flexibility index (Phi) is 4.13. The fourth-order valence-electron chi connectivity index (χ4n) is 2.64. The van der Waals surface area contributed by atoms with Crippen molar-refractivity contribution in [3.63, 3.8) is 0 Å². The van der Waals surface area contributed by atoms with Gasteiger partial charge in [0.15, 0.2) is 11.4 Å². The van der Waals surface area contributed by atoms with E-state index in [1.165, 1.54) is 12.1 Å². The maximum atomic E-state index is 14.2. The molecule has 1 aliphatic rings. The summed E-state index contributed by atoms with van der Waals surface area (Å²) in [6.45, 7) is 1.62. The van der Waals surface area contributed by atoms with Gasteiger partial charge in [0, 0.05) is 18.7 Å². The molecule has 2 aromatic rings. The standard InChI is InChI=1S/C16H13FN6O/c17-11-7-10(3-4-14(11)23-5-1-2-6-23)15(24)22-16-20-12(8-18)13(9-19)21-16/h3-4,7H,1-2,5-6H2,(H2,20,21,22,24). The van der Waals surface area contributed by atoms with Crippen LogP contribution in [0.25, 0.3) is 0 Å². The van der Waals surface area contributed by atoms with E-state index in [0.29, 0.717) is 5.69 Å². The number of halogens is 1. The van der Waals surface area contributed by atoms with Gasteiger partial charge in [-0.2, -0.15) is 10.5 Å². The number of hydrogen-bond acceptors (Lipinski definition) is 5. The molecular weight excluding hydrogens is 311 g/mol. The highest BCUT2D eigenvalue weighted by atomic mass is 19.1. The quantitative estimate of drug-likeness (QED) is 0.899. The van der Waals surface area contributed by atoms with E-state index in [1.807, 2.05) is 4.90 Å². The van der Waals surface area contributed by atoms with E-state index < -0.39 is 11.7 Å². The molecular formula is C16H13FN6O. The number of nitrogens with zero attached hydrogens (tertiary/aromatic N) is 4. The first-order chi connectivity index (χ1) is 11.6. The number of aromatic nitrogens is 2. The Morgan fingerprint density at radius 2 is 2.04 bits per heavy atom. The van der Waals surface area contributed by atoms with Crippen molar-refractivity contribution in [1.29, 1.82) is 10.5 Å². The van der Waals surface area contributed by atoms with Crippen molar-refractivity contribution in [3.8, 4) is 12.1 Å². The third-order valence-corrected chi connectivity index (χ3v) is 3.81. The lowest BCUT2D eigenvalue weighted by Gasteiger charge is -2.18. The molecule has 0 bridgehead atoms. The number of amides is 1. The minimum atomic E-state index is -0.579. The van der Waals surface area contributed by atoms with Gasteiger partial charge in [-0.15, -0.1) is 0 Å². The van der Waals surface area contributed by atoms with Gasteiger partial charge in [0.2, 0.25) is 5.95 Å². The molecule has 7 nitrogen and oxygen atoms in total. The van der Waals surface area contributed by atoms with E-state index >= 15 is 0 Å². The third-order valence-electron chi connectivity index (χ3n) is 3.81. The zero-order valence-electron chi connectivity index (χ0n) is 12.6. The van der Waals surface area contributed by atoms with Gasteiger partial charge < -0.3 is 9.88 Å². The van der Waals surface area contributed by atoms with Crippen LogP contribution in [0.2, 0.25) is 0 Å². The number of hydrogen-bond donors (Lipinski definition) is 2. The first-order valence-electron chi connectivity index (χ1n) is 7.38. The Hall–Kier alpha value is -3.39. The van der Waals surface area contributed by atoms with Crippen LogP contribution in [0.15, 0.2) is 18.2 Å². The first kappa shape index (κ1) is 15.5. The second kappa shape index (κ2) is 6.39. The maximum Gasteiger partial charge on any atom is 0.258 e. The third kappa shape index (κ3) is 2.90. The SMILES string of the molecule is N#Cc1nc(NC(=O)c2ccc(N3CCCC3)c(F)c2)[nH]c1C#N. The Balaban J connectivity index is 1.78. The summed E-state index contributed by atoms with van der Waals surface area (Å²) < 4.78 is 14.2. The summed E-state index contributed by atoms with van der Waals surface area (Å²) in [5, 5.41) is 20.1. The highest BCUT2D eigenvalue weighted by Gasteiger charge is 2.18. The molecule has 3 rings (SSSR count). The van der Waals surface area contributed by atoms with Crippen LogP contribution in [0.4, 0.5) is 16.0 Å². The molecule has 0 saturated carbocycles. The van der Waals surface area contributed by atoms with Crippen molar-refractivity contribution in [1.82, 2.24) is 9.97 Å². The molecule has 0 unspecified atom stereocenters. The number of nitrogens with one attached hydrogen (secondary N) is 2. The lowest BCUT2D eigenvalue weighted by molar-refractivity contribution is 0.102. The summed E-state index contributed by atoms with van der Waals surface area (Å²) in [5.41, 5.74) is 0.469. The molecule has 1 aliphatic heterocycles. The molecule has 1 aromatic heterocycles. The minimum absolute atomic E-state index is 0.0304. The molecule has 1 aromatic carbocycles. The average molecular weight is 324 g/mol. The molecule has 0 radical (unpaired) electrons. The second-order valence-corrected chi connectivity index (χ2v) is 5.35. The summed E-state index contributed by atoms with van der Waals surface area (Å²) in [7, 11) is 0. The Bertz CT molecular complexity index is 838. The monoisotopic (exact) mass is 324 g/mol. The lowest BCUT2D eigenvalue weighted by atomic mass is 10.1. The largest absolute Gasteiger partial charge is 0.369 e. The zero-order chi connectivity index (χ0) is 17.1. The number of benzene rings is 1. The summed E-state index contributed by atoms with van der Waals surface area (Å²) >= 11 is 0. The summed E-state index contributed by atoms with van der Waals surface area (Å²) in [6, 6.07) is 7.80. The molecule has 1 fully saturated rings. The number of anilines is 2. The van der Waals surface area contributed by atoms with Crippen molar-refractivity contribution in [3.05, 3.63) is 41.0 Å². The van der Waals surface area contributed by atoms with E-state index in [0.717, 1.165) is 25.9 Å². The highest BCUT2D eigenvalue weighted by Crippen LogP contribution is 2.24. The van der Waals surface area contributed by atoms with E-state index in [1.54, 1.807) is 18.2 Å². The molecule has 120 valence electrons. The van der Waals surface area contributed by atoms with Gasteiger partial charge in [-0.05, 0) is 31.0 Å². The normalized spacial score (nSPS) is 13.4. The zero-order valence-corrected chi connectivity index (χ0v) is 12.6. The van der Waals surface area contributed by atoms with Gasteiger partial charge in [0.25, 0.3) is 5.91 Å². The average Bonchev–Trinajstić information content (AvgIpc) is 3.23. The van der Waals surface area contributed by atoms with Crippen molar-refractivity contribution in [2.24, 2.45) is 0 Å². The summed E-state index contributed by atoms with van der Waals surface area (Å²) in [6.07, 6.45) is 2.06. The van der Waals surface area contributed by atoms with Gasteiger partial charge >= 0.3 is 0 Å². The fraction of sp³-hybridized carbons (Fsp3) is 0.250. The van der Waals surface area contributed by atoms with Crippen molar-refractivity contribution < 1.29 is 9.18 Å². The van der Waals surface area contributed by atoms with Crippen LogP contribution < -0.4 is 10.2 Å². The van der Waals surface area contributed by atoms with Crippen LogP contribution >= 0.6 is 0 Å². The first-order valence-corrected chi connectivity index (χ1v) is 7.38. The van der Waals surface area contributed by atoms with E-state index in [4.69, 9.17) is 10.5 Å². The van der Waals surface area contributed by atoms with Crippen LogP contribution in [-0.4, -0.2) is 29.0 Å². The molecule has 0 spiro atoms. The molecule has 0 aliphatic carbocycles. The Morgan fingerprint density at radius 3 is 2.62 bits per heavy atom. The number of aromatic amines is 1. The maximum absolute atomic E-state index is 14.2. The second-order valence-electron chi connectivity index (χ2n) is 5.35. The molecule has 2 heterocycles.